The Labute approximate surface area is 107 Å². The molecule has 0 bridgehead atoms. The first-order chi connectivity index (χ1) is 8.74. The van der Waals surface area contributed by atoms with E-state index in [9.17, 15) is 9.18 Å². The predicted molar refractivity (Wildman–Crippen MR) is 71.1 cm³/mol. The first kappa shape index (κ1) is 14.4. The second-order valence-electron chi connectivity index (χ2n) is 4.11. The third kappa shape index (κ3) is 5.57. The average molecular weight is 250 g/mol. The molecule has 1 amide bonds. The first-order valence-electron chi connectivity index (χ1n) is 6.31. The van der Waals surface area contributed by atoms with Crippen LogP contribution in [0.3, 0.4) is 0 Å². The van der Waals surface area contributed by atoms with Gasteiger partial charge in [0.1, 0.15) is 5.82 Å². The summed E-state index contributed by atoms with van der Waals surface area (Å²) in [6.07, 6.45) is 7.22. The van der Waals surface area contributed by atoms with E-state index in [1.807, 2.05) is 0 Å². The van der Waals surface area contributed by atoms with Gasteiger partial charge in [0.25, 0.3) is 5.91 Å². The number of nitrogens with zero attached hydrogens (tertiary/aromatic N) is 1. The van der Waals surface area contributed by atoms with Gasteiger partial charge in [0.15, 0.2) is 0 Å². The zero-order chi connectivity index (χ0) is 13.2. The van der Waals surface area contributed by atoms with Gasteiger partial charge < -0.3 is 0 Å². The zero-order valence-corrected chi connectivity index (χ0v) is 10.7. The lowest BCUT2D eigenvalue weighted by Gasteiger charge is -1.99. The summed E-state index contributed by atoms with van der Waals surface area (Å²) in [7, 11) is 0. The molecule has 18 heavy (non-hydrogen) atoms. The molecule has 0 atom stereocenters. The molecular weight excluding hydrogens is 231 g/mol. The van der Waals surface area contributed by atoms with Gasteiger partial charge in [-0.15, -0.1) is 0 Å². The third-order valence-electron chi connectivity index (χ3n) is 2.53. The number of halogens is 1. The molecule has 3 nitrogen and oxygen atoms in total. The topological polar surface area (TPSA) is 41.5 Å². The van der Waals surface area contributed by atoms with Gasteiger partial charge in [-0.25, -0.2) is 9.82 Å². The highest BCUT2D eigenvalue weighted by Crippen LogP contribution is 2.03. The van der Waals surface area contributed by atoms with E-state index >= 15 is 0 Å². The van der Waals surface area contributed by atoms with Crippen molar-refractivity contribution in [1.82, 2.24) is 5.43 Å². The number of benzene rings is 1. The van der Waals surface area contributed by atoms with Crippen molar-refractivity contribution in [2.75, 3.05) is 0 Å². The van der Waals surface area contributed by atoms with Crippen LogP contribution in [0.15, 0.2) is 29.4 Å². The Bertz CT molecular complexity index is 405. The van der Waals surface area contributed by atoms with Crippen LogP contribution in [0.25, 0.3) is 0 Å². The quantitative estimate of drug-likeness (QED) is 0.449. The van der Waals surface area contributed by atoms with Crippen molar-refractivity contribution in [3.05, 3.63) is 35.6 Å². The molecule has 0 aliphatic carbocycles. The van der Waals surface area contributed by atoms with Crippen molar-refractivity contribution < 1.29 is 9.18 Å². The Morgan fingerprint density at radius 2 is 2.22 bits per heavy atom. The van der Waals surface area contributed by atoms with E-state index in [-0.39, 0.29) is 11.5 Å². The molecule has 0 unspecified atom stereocenters. The van der Waals surface area contributed by atoms with Gasteiger partial charge in [-0.2, -0.15) is 5.10 Å². The predicted octanol–water partition coefficient (Wildman–Crippen LogP) is 3.51. The molecule has 4 heteroatoms. The molecule has 0 saturated carbocycles. The fraction of sp³-hybridized carbons (Fsp3) is 0.429. The summed E-state index contributed by atoms with van der Waals surface area (Å²) in [5.41, 5.74) is 2.66. The van der Waals surface area contributed by atoms with Gasteiger partial charge in [0.2, 0.25) is 0 Å². The van der Waals surface area contributed by atoms with Crippen LogP contribution in [0.2, 0.25) is 0 Å². The zero-order valence-electron chi connectivity index (χ0n) is 10.7. The summed E-state index contributed by atoms with van der Waals surface area (Å²) in [6, 6.07) is 5.54. The van der Waals surface area contributed by atoms with Crippen LogP contribution in [0.1, 0.15) is 49.4 Å². The van der Waals surface area contributed by atoms with Crippen LogP contribution in [-0.2, 0) is 0 Å². The number of carbonyl (C=O) groups is 1. The molecule has 0 aromatic heterocycles. The van der Waals surface area contributed by atoms with E-state index in [0.717, 1.165) is 12.8 Å². The molecule has 1 rings (SSSR count). The molecule has 0 aliphatic rings. The Kier molecular flexibility index (Phi) is 6.69. The van der Waals surface area contributed by atoms with Crippen LogP contribution < -0.4 is 5.43 Å². The number of rotatable bonds is 7. The van der Waals surface area contributed by atoms with E-state index < -0.39 is 5.82 Å². The molecule has 0 heterocycles. The summed E-state index contributed by atoms with van der Waals surface area (Å²) in [6.45, 7) is 2.16. The molecule has 0 aliphatic heterocycles. The lowest BCUT2D eigenvalue weighted by atomic mass is 10.2. The minimum atomic E-state index is -0.425. The number of unbranched alkanes of at least 4 members (excludes halogenated alkanes) is 4. The van der Waals surface area contributed by atoms with Crippen LogP contribution in [0.4, 0.5) is 4.39 Å². The van der Waals surface area contributed by atoms with Gasteiger partial charge >= 0.3 is 0 Å². The van der Waals surface area contributed by atoms with Gasteiger partial charge in [0.05, 0.1) is 0 Å². The SMILES string of the molecule is CCCCCCC=NNC(=O)c1cccc(F)c1. The summed E-state index contributed by atoms with van der Waals surface area (Å²) >= 11 is 0. The lowest BCUT2D eigenvalue weighted by molar-refractivity contribution is 0.0954. The third-order valence-corrected chi connectivity index (χ3v) is 2.53. The molecule has 0 saturated heterocycles. The molecule has 1 N–H and O–H groups in total. The molecule has 0 fully saturated rings. The molecular formula is C14H19FN2O. The van der Waals surface area contributed by atoms with E-state index in [4.69, 9.17) is 0 Å². The summed E-state index contributed by atoms with van der Waals surface area (Å²) < 4.78 is 12.9. The number of carbonyl (C=O) groups excluding carboxylic acids is 1. The second-order valence-corrected chi connectivity index (χ2v) is 4.11. The highest BCUT2D eigenvalue weighted by atomic mass is 19.1. The van der Waals surface area contributed by atoms with Crippen LogP contribution in [0, 0.1) is 5.82 Å². The minimum Gasteiger partial charge on any atom is -0.267 e. The van der Waals surface area contributed by atoms with Crippen molar-refractivity contribution in [3.8, 4) is 0 Å². The van der Waals surface area contributed by atoms with Crippen molar-refractivity contribution in [3.63, 3.8) is 0 Å². The molecule has 0 spiro atoms. The lowest BCUT2D eigenvalue weighted by Crippen LogP contribution is -2.17. The second kappa shape index (κ2) is 8.39. The van der Waals surface area contributed by atoms with Crippen molar-refractivity contribution >= 4 is 12.1 Å². The molecule has 1 aromatic carbocycles. The number of hydrogen-bond acceptors (Lipinski definition) is 2. The van der Waals surface area contributed by atoms with E-state index in [2.05, 4.69) is 17.5 Å². The van der Waals surface area contributed by atoms with Gasteiger partial charge in [-0.1, -0.05) is 32.3 Å². The Balaban J connectivity index is 2.26. The van der Waals surface area contributed by atoms with Crippen molar-refractivity contribution in [1.29, 1.82) is 0 Å². The molecule has 0 radical (unpaired) electrons. The maximum Gasteiger partial charge on any atom is 0.271 e. The van der Waals surface area contributed by atoms with Crippen LogP contribution in [0.5, 0.6) is 0 Å². The molecule has 1 aromatic rings. The fourth-order valence-electron chi connectivity index (χ4n) is 1.53. The first-order valence-corrected chi connectivity index (χ1v) is 6.31. The monoisotopic (exact) mass is 250 g/mol. The number of nitrogens with one attached hydrogen (secondary N) is 1. The Morgan fingerprint density at radius 1 is 1.39 bits per heavy atom. The number of amides is 1. The summed E-state index contributed by atoms with van der Waals surface area (Å²) in [5, 5.41) is 3.83. The molecule has 98 valence electrons. The van der Waals surface area contributed by atoms with Crippen molar-refractivity contribution in [2.45, 2.75) is 39.0 Å². The maximum absolute atomic E-state index is 12.9. The minimum absolute atomic E-state index is 0.276. The largest absolute Gasteiger partial charge is 0.271 e. The smallest absolute Gasteiger partial charge is 0.267 e. The fourth-order valence-corrected chi connectivity index (χ4v) is 1.53. The van der Waals surface area contributed by atoms with Gasteiger partial charge in [-0.3, -0.25) is 4.79 Å². The highest BCUT2D eigenvalue weighted by molar-refractivity contribution is 5.94. The highest BCUT2D eigenvalue weighted by Gasteiger charge is 2.03. The normalized spacial score (nSPS) is 10.8. The summed E-state index contributed by atoms with van der Waals surface area (Å²) in [4.78, 5) is 11.5. The average Bonchev–Trinajstić information content (AvgIpc) is 2.37. The van der Waals surface area contributed by atoms with Crippen LogP contribution >= 0.6 is 0 Å². The number of hydrogen-bond donors (Lipinski definition) is 1. The van der Waals surface area contributed by atoms with Gasteiger partial charge in [0, 0.05) is 11.8 Å². The maximum atomic E-state index is 12.9. The van der Waals surface area contributed by atoms with E-state index in [1.54, 1.807) is 12.3 Å². The van der Waals surface area contributed by atoms with E-state index in [1.165, 1.54) is 37.5 Å². The van der Waals surface area contributed by atoms with Crippen LogP contribution in [-0.4, -0.2) is 12.1 Å². The Morgan fingerprint density at radius 3 is 2.94 bits per heavy atom. The van der Waals surface area contributed by atoms with Gasteiger partial charge in [-0.05, 0) is 31.0 Å². The van der Waals surface area contributed by atoms with Crippen molar-refractivity contribution in [2.24, 2.45) is 5.10 Å². The Hall–Kier alpha value is -1.71. The standard InChI is InChI=1S/C14H19FN2O/c1-2-3-4-5-6-10-16-17-14(18)12-8-7-9-13(15)11-12/h7-11H,2-6H2,1H3,(H,17,18). The van der Waals surface area contributed by atoms with E-state index in [0.29, 0.717) is 0 Å². The number of hydrazone groups is 1. The summed E-state index contributed by atoms with van der Waals surface area (Å²) in [5.74, 6) is -0.814.